The number of carbonyl (C=O) groups excluding carboxylic acids is 1. The van der Waals surface area contributed by atoms with Gasteiger partial charge in [-0.1, -0.05) is 18.1 Å². The van der Waals surface area contributed by atoms with Crippen LogP contribution in [0.15, 0.2) is 24.7 Å². The molecule has 2 aliphatic rings. The van der Waals surface area contributed by atoms with Crippen molar-refractivity contribution < 1.29 is 4.79 Å². The molecule has 2 fully saturated rings. The van der Waals surface area contributed by atoms with Crippen LogP contribution in [0.3, 0.4) is 0 Å². The summed E-state index contributed by atoms with van der Waals surface area (Å²) >= 11 is 0. The Bertz CT molecular complexity index is 940. The van der Waals surface area contributed by atoms with E-state index in [2.05, 4.69) is 31.6 Å². The van der Waals surface area contributed by atoms with Gasteiger partial charge in [0.2, 0.25) is 5.82 Å². The maximum absolute atomic E-state index is 12.9. The zero-order valence-corrected chi connectivity index (χ0v) is 15.8. The fourth-order valence-corrected chi connectivity index (χ4v) is 4.44. The van der Waals surface area contributed by atoms with Crippen molar-refractivity contribution in [1.82, 2.24) is 39.5 Å². The maximum Gasteiger partial charge on any atom is 0.293 e. The molecule has 1 atom stereocenters. The molecule has 0 aromatic carbocycles. The van der Waals surface area contributed by atoms with Crippen LogP contribution in [0, 0.1) is 5.92 Å². The standard InChI is InChI=1S/C19H24N8O/c28-18(17-21-19-20-8-4-10-27(19)23-17)25-9-3-5-14(11-25)12-26-13-16(22-24-26)15-6-1-2-7-15/h4,8,10,13-15H,1-3,5-7,9,11-12H2/t14-/m1/s1. The summed E-state index contributed by atoms with van der Waals surface area (Å²) < 4.78 is 3.49. The number of aromatic nitrogens is 7. The molecule has 1 saturated carbocycles. The largest absolute Gasteiger partial charge is 0.336 e. The van der Waals surface area contributed by atoms with Crippen LogP contribution in [0.5, 0.6) is 0 Å². The Hall–Kier alpha value is -2.84. The molecule has 1 aliphatic heterocycles. The normalized spacial score (nSPS) is 20.9. The Morgan fingerprint density at radius 1 is 1.18 bits per heavy atom. The number of fused-ring (bicyclic) bond motifs is 1. The van der Waals surface area contributed by atoms with E-state index < -0.39 is 0 Å². The lowest BCUT2D eigenvalue weighted by atomic mass is 9.98. The van der Waals surface area contributed by atoms with Crippen molar-refractivity contribution in [1.29, 1.82) is 0 Å². The zero-order valence-electron chi connectivity index (χ0n) is 15.8. The lowest BCUT2D eigenvalue weighted by Crippen LogP contribution is -2.41. The van der Waals surface area contributed by atoms with Crippen LogP contribution in [0.2, 0.25) is 0 Å². The highest BCUT2D eigenvalue weighted by Crippen LogP contribution is 2.32. The number of hydrogen-bond acceptors (Lipinski definition) is 6. The predicted molar refractivity (Wildman–Crippen MR) is 101 cm³/mol. The molecule has 0 bridgehead atoms. The molecule has 0 spiro atoms. The van der Waals surface area contributed by atoms with Gasteiger partial charge in [0.15, 0.2) is 0 Å². The summed E-state index contributed by atoms with van der Waals surface area (Å²) in [7, 11) is 0. The van der Waals surface area contributed by atoms with Crippen molar-refractivity contribution in [3.63, 3.8) is 0 Å². The Morgan fingerprint density at radius 2 is 2.07 bits per heavy atom. The second-order valence-corrected chi connectivity index (χ2v) is 7.91. The number of carbonyl (C=O) groups is 1. The van der Waals surface area contributed by atoms with E-state index in [1.165, 1.54) is 30.2 Å². The van der Waals surface area contributed by atoms with Crippen LogP contribution in [0.25, 0.3) is 5.78 Å². The Morgan fingerprint density at radius 3 is 2.93 bits per heavy atom. The Labute approximate surface area is 162 Å². The molecule has 3 aromatic rings. The molecule has 146 valence electrons. The van der Waals surface area contributed by atoms with Gasteiger partial charge < -0.3 is 4.90 Å². The smallest absolute Gasteiger partial charge is 0.293 e. The fraction of sp³-hybridized carbons (Fsp3) is 0.579. The molecule has 3 aromatic heterocycles. The van der Waals surface area contributed by atoms with Crippen molar-refractivity contribution in [2.45, 2.75) is 51.0 Å². The zero-order chi connectivity index (χ0) is 18.9. The summed E-state index contributed by atoms with van der Waals surface area (Å²) in [5, 5.41) is 13.0. The van der Waals surface area contributed by atoms with E-state index in [0.29, 0.717) is 24.2 Å². The molecule has 0 unspecified atom stereocenters. The van der Waals surface area contributed by atoms with Crippen LogP contribution < -0.4 is 0 Å². The molecule has 1 aliphatic carbocycles. The summed E-state index contributed by atoms with van der Waals surface area (Å²) in [6, 6.07) is 1.77. The third kappa shape index (κ3) is 3.36. The van der Waals surface area contributed by atoms with Gasteiger partial charge in [0.1, 0.15) is 0 Å². The number of amides is 1. The third-order valence-electron chi connectivity index (χ3n) is 5.89. The summed E-state index contributed by atoms with van der Waals surface area (Å²) in [6.45, 7) is 2.23. The molecule has 9 heteroatoms. The second-order valence-electron chi connectivity index (χ2n) is 7.91. The van der Waals surface area contributed by atoms with Crippen molar-refractivity contribution in [3.8, 4) is 0 Å². The molecule has 0 radical (unpaired) electrons. The first-order valence-electron chi connectivity index (χ1n) is 10.1. The average Bonchev–Trinajstić information content (AvgIpc) is 3.47. The van der Waals surface area contributed by atoms with E-state index in [1.807, 2.05) is 9.58 Å². The Kier molecular flexibility index (Phi) is 4.50. The molecule has 0 N–H and O–H groups in total. The first kappa shape index (κ1) is 17.3. The summed E-state index contributed by atoms with van der Waals surface area (Å²) in [5.41, 5.74) is 1.13. The molecular formula is C19H24N8O. The number of likely N-dealkylation sites (tertiary alicyclic amines) is 1. The summed E-state index contributed by atoms with van der Waals surface area (Å²) in [5.74, 6) is 1.48. The van der Waals surface area contributed by atoms with Crippen molar-refractivity contribution in [2.24, 2.45) is 5.92 Å². The van der Waals surface area contributed by atoms with E-state index in [9.17, 15) is 4.79 Å². The lowest BCUT2D eigenvalue weighted by Gasteiger charge is -2.31. The lowest BCUT2D eigenvalue weighted by molar-refractivity contribution is 0.0647. The van der Waals surface area contributed by atoms with Crippen LogP contribution >= 0.6 is 0 Å². The van der Waals surface area contributed by atoms with E-state index in [1.54, 1.807) is 18.5 Å². The van der Waals surface area contributed by atoms with Crippen LogP contribution in [-0.4, -0.2) is 58.5 Å². The van der Waals surface area contributed by atoms with E-state index >= 15 is 0 Å². The van der Waals surface area contributed by atoms with Gasteiger partial charge in [0.05, 0.1) is 5.69 Å². The van der Waals surface area contributed by atoms with Crippen LogP contribution in [0.1, 0.15) is 60.8 Å². The SMILES string of the molecule is O=C(c1nc2ncccn2n1)N1CCC[C@@H](Cn2cc(C3CCCC3)nn2)C1. The van der Waals surface area contributed by atoms with E-state index in [-0.39, 0.29) is 11.7 Å². The van der Waals surface area contributed by atoms with E-state index in [0.717, 1.165) is 31.6 Å². The van der Waals surface area contributed by atoms with Gasteiger partial charge in [-0.3, -0.25) is 9.48 Å². The topological polar surface area (TPSA) is 94.1 Å². The minimum Gasteiger partial charge on any atom is -0.336 e. The highest BCUT2D eigenvalue weighted by Gasteiger charge is 2.28. The minimum absolute atomic E-state index is 0.125. The van der Waals surface area contributed by atoms with Gasteiger partial charge in [0.25, 0.3) is 11.7 Å². The second kappa shape index (κ2) is 7.29. The molecule has 4 heterocycles. The van der Waals surface area contributed by atoms with Gasteiger partial charge in [-0.25, -0.2) is 9.50 Å². The van der Waals surface area contributed by atoms with Gasteiger partial charge in [-0.15, -0.1) is 10.2 Å². The first-order valence-corrected chi connectivity index (χ1v) is 10.1. The number of piperidine rings is 1. The maximum atomic E-state index is 12.9. The van der Waals surface area contributed by atoms with Crippen LogP contribution in [-0.2, 0) is 6.54 Å². The van der Waals surface area contributed by atoms with Crippen molar-refractivity contribution in [2.75, 3.05) is 13.1 Å². The first-order chi connectivity index (χ1) is 13.8. The Balaban J connectivity index is 1.25. The molecule has 9 nitrogen and oxygen atoms in total. The monoisotopic (exact) mass is 380 g/mol. The minimum atomic E-state index is -0.125. The predicted octanol–water partition coefficient (Wildman–Crippen LogP) is 1.93. The van der Waals surface area contributed by atoms with Gasteiger partial charge in [-0.05, 0) is 37.7 Å². The molecule has 1 saturated heterocycles. The number of hydrogen-bond donors (Lipinski definition) is 0. The quantitative estimate of drug-likeness (QED) is 0.686. The van der Waals surface area contributed by atoms with Gasteiger partial charge in [0, 0.05) is 44.1 Å². The third-order valence-corrected chi connectivity index (χ3v) is 5.89. The highest BCUT2D eigenvalue weighted by molar-refractivity contribution is 5.90. The number of nitrogens with zero attached hydrogens (tertiary/aromatic N) is 8. The van der Waals surface area contributed by atoms with Crippen LogP contribution in [0.4, 0.5) is 0 Å². The van der Waals surface area contributed by atoms with E-state index in [4.69, 9.17) is 0 Å². The van der Waals surface area contributed by atoms with Crippen molar-refractivity contribution in [3.05, 3.63) is 36.2 Å². The molecule has 1 amide bonds. The van der Waals surface area contributed by atoms with Gasteiger partial charge >= 0.3 is 0 Å². The summed E-state index contributed by atoms with van der Waals surface area (Å²) in [6.07, 6.45) is 12.6. The highest BCUT2D eigenvalue weighted by atomic mass is 16.2. The number of rotatable bonds is 4. The van der Waals surface area contributed by atoms with Crippen molar-refractivity contribution >= 4 is 11.7 Å². The molecular weight excluding hydrogens is 356 g/mol. The van der Waals surface area contributed by atoms with Gasteiger partial charge in [-0.2, -0.15) is 4.98 Å². The summed E-state index contributed by atoms with van der Waals surface area (Å²) in [4.78, 5) is 23.1. The molecule has 28 heavy (non-hydrogen) atoms. The molecule has 5 rings (SSSR count). The average molecular weight is 380 g/mol. The fourth-order valence-electron chi connectivity index (χ4n) is 4.44.